The molecule has 8 heteroatoms. The van der Waals surface area contributed by atoms with Crippen molar-refractivity contribution in [1.82, 2.24) is 9.97 Å². The second-order valence-electron chi connectivity index (χ2n) is 9.03. The minimum atomic E-state index is -1.16. The molecule has 0 aliphatic carbocycles. The molecular weight excluding hydrogens is 467 g/mol. The van der Waals surface area contributed by atoms with Gasteiger partial charge >= 0.3 is 5.97 Å². The molecule has 1 aliphatic rings. The number of aryl methyl sites for hydroxylation is 2. The van der Waals surface area contributed by atoms with Crippen molar-refractivity contribution in [2.24, 2.45) is 0 Å². The predicted molar refractivity (Wildman–Crippen MR) is 136 cm³/mol. The van der Waals surface area contributed by atoms with Crippen molar-refractivity contribution >= 4 is 40.0 Å². The molecular formula is C27H24ClFN4O2. The van der Waals surface area contributed by atoms with Crippen molar-refractivity contribution in [3.8, 4) is 0 Å². The maximum Gasteiger partial charge on any atom is 0.356 e. The van der Waals surface area contributed by atoms with Gasteiger partial charge in [0, 0.05) is 24.0 Å². The molecule has 0 spiro atoms. The Balaban J connectivity index is 1.55. The number of nitrogens with zero attached hydrogens (tertiary/aromatic N) is 3. The highest BCUT2D eigenvalue weighted by Gasteiger charge is 2.24. The highest BCUT2D eigenvalue weighted by molar-refractivity contribution is 6.29. The Bertz CT molecular complexity index is 1490. The Morgan fingerprint density at radius 3 is 2.63 bits per heavy atom. The first-order chi connectivity index (χ1) is 16.7. The number of anilines is 2. The van der Waals surface area contributed by atoms with E-state index in [2.05, 4.69) is 33.4 Å². The van der Waals surface area contributed by atoms with Gasteiger partial charge in [0.25, 0.3) is 0 Å². The van der Waals surface area contributed by atoms with E-state index in [1.807, 2.05) is 26.8 Å². The van der Waals surface area contributed by atoms with Gasteiger partial charge < -0.3 is 15.3 Å². The molecule has 35 heavy (non-hydrogen) atoms. The molecule has 2 aromatic heterocycles. The lowest BCUT2D eigenvalue weighted by atomic mass is 9.99. The summed E-state index contributed by atoms with van der Waals surface area (Å²) in [6.45, 7) is 7.29. The van der Waals surface area contributed by atoms with E-state index in [0.717, 1.165) is 44.5 Å². The molecule has 5 rings (SSSR count). The predicted octanol–water partition coefficient (Wildman–Crippen LogP) is 6.43. The van der Waals surface area contributed by atoms with Gasteiger partial charge in [-0.3, -0.25) is 0 Å². The van der Waals surface area contributed by atoms with E-state index in [0.29, 0.717) is 18.8 Å². The maximum absolute atomic E-state index is 13.7. The molecule has 0 radical (unpaired) electrons. The van der Waals surface area contributed by atoms with Crippen molar-refractivity contribution in [1.29, 1.82) is 0 Å². The number of hydrogen-bond acceptors (Lipinski definition) is 5. The molecule has 0 saturated heterocycles. The highest BCUT2D eigenvalue weighted by Crippen LogP contribution is 2.35. The minimum absolute atomic E-state index is 0.120. The second-order valence-corrected chi connectivity index (χ2v) is 9.41. The Morgan fingerprint density at radius 2 is 1.86 bits per heavy atom. The van der Waals surface area contributed by atoms with E-state index >= 15 is 0 Å². The summed E-state index contributed by atoms with van der Waals surface area (Å²) in [5.41, 5.74) is 6.21. The zero-order valence-electron chi connectivity index (χ0n) is 19.6. The third-order valence-electron chi connectivity index (χ3n) is 6.35. The summed E-state index contributed by atoms with van der Waals surface area (Å²) in [7, 11) is 0. The number of pyridine rings is 2. The number of nitrogens with one attached hydrogen (secondary N) is 1. The zero-order valence-corrected chi connectivity index (χ0v) is 20.3. The van der Waals surface area contributed by atoms with Crippen LogP contribution in [0.5, 0.6) is 0 Å². The number of carboxylic acids is 1. The van der Waals surface area contributed by atoms with Crippen LogP contribution in [0.3, 0.4) is 0 Å². The average Bonchev–Trinajstić information content (AvgIpc) is 3.21. The number of aromatic carboxylic acids is 1. The number of hydrogen-bond donors (Lipinski definition) is 2. The molecule has 0 unspecified atom stereocenters. The van der Waals surface area contributed by atoms with E-state index < -0.39 is 5.97 Å². The van der Waals surface area contributed by atoms with Gasteiger partial charge in [-0.25, -0.2) is 19.2 Å². The molecule has 0 fully saturated rings. The van der Waals surface area contributed by atoms with Gasteiger partial charge in [-0.15, -0.1) is 0 Å². The van der Waals surface area contributed by atoms with Crippen molar-refractivity contribution in [3.05, 3.63) is 93.0 Å². The number of benzene rings is 2. The number of fused-ring (bicyclic) bond motifs is 2. The molecule has 0 amide bonds. The van der Waals surface area contributed by atoms with Crippen LogP contribution in [0.15, 0.2) is 48.5 Å². The third kappa shape index (κ3) is 4.39. The Morgan fingerprint density at radius 1 is 1.09 bits per heavy atom. The topological polar surface area (TPSA) is 78.3 Å². The molecule has 0 bridgehead atoms. The molecule has 1 aliphatic heterocycles. The fraction of sp³-hybridized carbons (Fsp3) is 0.222. The monoisotopic (exact) mass is 490 g/mol. The van der Waals surface area contributed by atoms with Gasteiger partial charge in [0.1, 0.15) is 16.8 Å². The SMILES string of the molecule is Cc1cc([C@@H](C)Nc2ccc(Cl)nc2C(=O)O)c2nc(N3Cc4ccc(F)cc4C3)c(C)cc2c1. The molecule has 1 atom stereocenters. The molecule has 4 aromatic rings. The van der Waals surface area contributed by atoms with Crippen molar-refractivity contribution in [2.45, 2.75) is 39.9 Å². The lowest BCUT2D eigenvalue weighted by Gasteiger charge is -2.23. The van der Waals surface area contributed by atoms with Gasteiger partial charge in [-0.05, 0) is 73.9 Å². The summed E-state index contributed by atoms with van der Waals surface area (Å²) in [4.78, 5) is 22.9. The number of aromatic nitrogens is 2. The first-order valence-corrected chi connectivity index (χ1v) is 11.7. The largest absolute Gasteiger partial charge is 0.476 e. The first kappa shape index (κ1) is 23.1. The van der Waals surface area contributed by atoms with Crippen LogP contribution in [0.2, 0.25) is 5.15 Å². The number of carbonyl (C=O) groups is 1. The fourth-order valence-electron chi connectivity index (χ4n) is 4.76. The van der Waals surface area contributed by atoms with E-state index in [-0.39, 0.29) is 22.7 Å². The van der Waals surface area contributed by atoms with Crippen LogP contribution in [-0.4, -0.2) is 21.0 Å². The van der Waals surface area contributed by atoms with Gasteiger partial charge in [0.2, 0.25) is 0 Å². The normalized spacial score (nSPS) is 13.7. The standard InChI is InChI=1S/C27H24ClFN4O2/c1-14-8-18-10-15(2)26(33-12-17-4-5-20(29)11-19(17)13-33)32-24(18)21(9-14)16(3)30-22-6-7-23(28)31-25(22)27(34)35/h4-11,16,30H,12-13H2,1-3H3,(H,34,35)/t16-/m1/s1. The van der Waals surface area contributed by atoms with Gasteiger partial charge in [0.15, 0.2) is 5.69 Å². The van der Waals surface area contributed by atoms with Crippen LogP contribution < -0.4 is 10.2 Å². The van der Waals surface area contributed by atoms with Crippen LogP contribution in [0.1, 0.15) is 51.3 Å². The molecule has 2 aromatic carbocycles. The quantitative estimate of drug-likeness (QED) is 0.314. The summed E-state index contributed by atoms with van der Waals surface area (Å²) < 4.78 is 13.7. The number of rotatable bonds is 5. The van der Waals surface area contributed by atoms with Crippen LogP contribution in [-0.2, 0) is 13.1 Å². The zero-order chi connectivity index (χ0) is 24.9. The van der Waals surface area contributed by atoms with Gasteiger partial charge in [-0.1, -0.05) is 29.3 Å². The molecule has 2 N–H and O–H groups in total. The van der Waals surface area contributed by atoms with Crippen molar-refractivity contribution in [2.75, 3.05) is 10.2 Å². The summed E-state index contributed by atoms with van der Waals surface area (Å²) in [6, 6.07) is 14.1. The first-order valence-electron chi connectivity index (χ1n) is 11.3. The minimum Gasteiger partial charge on any atom is -0.476 e. The number of halogens is 2. The van der Waals surface area contributed by atoms with Crippen LogP contribution in [0.25, 0.3) is 10.9 Å². The smallest absolute Gasteiger partial charge is 0.356 e. The van der Waals surface area contributed by atoms with E-state index in [4.69, 9.17) is 16.6 Å². The average molecular weight is 491 g/mol. The third-order valence-corrected chi connectivity index (χ3v) is 6.56. The van der Waals surface area contributed by atoms with Crippen molar-refractivity contribution in [3.63, 3.8) is 0 Å². The van der Waals surface area contributed by atoms with Crippen LogP contribution in [0, 0.1) is 19.7 Å². The van der Waals surface area contributed by atoms with Crippen molar-refractivity contribution < 1.29 is 14.3 Å². The Kier molecular flexibility index (Phi) is 5.81. The highest BCUT2D eigenvalue weighted by atomic mass is 35.5. The summed E-state index contributed by atoms with van der Waals surface area (Å²) in [5, 5.41) is 14.0. The van der Waals surface area contributed by atoms with Gasteiger partial charge in [0.05, 0.1) is 17.2 Å². The lowest BCUT2D eigenvalue weighted by Crippen LogP contribution is -2.18. The second kappa shape index (κ2) is 8.82. The van der Waals surface area contributed by atoms with E-state index in [9.17, 15) is 14.3 Å². The van der Waals surface area contributed by atoms with E-state index in [1.165, 1.54) is 6.07 Å². The summed E-state index contributed by atoms with van der Waals surface area (Å²) >= 11 is 5.91. The van der Waals surface area contributed by atoms with Gasteiger partial charge in [-0.2, -0.15) is 0 Å². The molecule has 6 nitrogen and oxygen atoms in total. The van der Waals surface area contributed by atoms with Crippen LogP contribution >= 0.6 is 11.6 Å². The fourth-order valence-corrected chi connectivity index (χ4v) is 4.90. The summed E-state index contributed by atoms with van der Waals surface area (Å²) in [5.74, 6) is -0.535. The molecule has 178 valence electrons. The molecule has 0 saturated carbocycles. The Hall–Kier alpha value is -3.71. The molecule has 3 heterocycles. The summed E-state index contributed by atoms with van der Waals surface area (Å²) in [6.07, 6.45) is 0. The maximum atomic E-state index is 13.7. The number of carboxylic acid groups (broad SMARTS) is 1. The van der Waals surface area contributed by atoms with Crippen LogP contribution in [0.4, 0.5) is 15.9 Å². The Labute approximate surface area is 207 Å². The lowest BCUT2D eigenvalue weighted by molar-refractivity contribution is 0.0691. The van der Waals surface area contributed by atoms with E-state index in [1.54, 1.807) is 18.2 Å².